The number of hydrogen-bond acceptors (Lipinski definition) is 6. The molecule has 1 aromatic heterocycles. The van der Waals surface area contributed by atoms with Crippen LogP contribution in [-0.4, -0.2) is 82.5 Å². The van der Waals surface area contributed by atoms with Gasteiger partial charge in [0.1, 0.15) is 23.3 Å². The van der Waals surface area contributed by atoms with Crippen molar-refractivity contribution in [1.82, 2.24) is 30.2 Å². The van der Waals surface area contributed by atoms with Gasteiger partial charge in [-0.3, -0.25) is 23.9 Å². The lowest BCUT2D eigenvalue weighted by Gasteiger charge is -2.33. The Morgan fingerprint density at radius 1 is 1.02 bits per heavy atom. The Balaban J connectivity index is 1.57. The molecule has 4 rings (SSSR count). The van der Waals surface area contributed by atoms with Crippen molar-refractivity contribution < 1.29 is 23.6 Å². The first-order valence-corrected chi connectivity index (χ1v) is 15.9. The molecule has 4 amide bonds. The predicted octanol–water partition coefficient (Wildman–Crippen LogP) is 3.64. The zero-order valence-corrected chi connectivity index (χ0v) is 27.0. The number of carbonyl (C=O) groups is 4. The fourth-order valence-corrected chi connectivity index (χ4v) is 5.92. The molecule has 1 atom stereocenters. The Hall–Kier alpha value is -4.06. The quantitative estimate of drug-likeness (QED) is 0.347. The van der Waals surface area contributed by atoms with E-state index in [0.29, 0.717) is 55.5 Å². The zero-order valence-electron chi connectivity index (χ0n) is 27.0. The van der Waals surface area contributed by atoms with Crippen LogP contribution in [0.1, 0.15) is 75.9 Å². The Kier molecular flexibility index (Phi) is 11.5. The molecule has 11 nitrogen and oxygen atoms in total. The summed E-state index contributed by atoms with van der Waals surface area (Å²) in [6.45, 7) is 10.4. The third-order valence-electron chi connectivity index (χ3n) is 8.97. The number of nitrogens with zero attached hydrogens (tertiary/aromatic N) is 4. The lowest BCUT2D eigenvalue weighted by Crippen LogP contribution is -2.49. The van der Waals surface area contributed by atoms with Gasteiger partial charge < -0.3 is 25.8 Å². The van der Waals surface area contributed by atoms with E-state index in [2.05, 4.69) is 32.9 Å². The largest absolute Gasteiger partial charge is 0.339 e. The van der Waals surface area contributed by atoms with E-state index in [-0.39, 0.29) is 35.5 Å². The summed E-state index contributed by atoms with van der Waals surface area (Å²) in [6.07, 6.45) is 5.15. The summed E-state index contributed by atoms with van der Waals surface area (Å²) in [4.78, 5) is 56.5. The van der Waals surface area contributed by atoms with Crippen LogP contribution in [0.15, 0.2) is 36.2 Å². The molecule has 0 unspecified atom stereocenters. The highest BCUT2D eigenvalue weighted by molar-refractivity contribution is 6.04. The van der Waals surface area contributed by atoms with Gasteiger partial charge in [-0.05, 0) is 74.9 Å². The molecule has 244 valence electrons. The van der Waals surface area contributed by atoms with Gasteiger partial charge in [-0.15, -0.1) is 0 Å². The first-order chi connectivity index (χ1) is 21.5. The Morgan fingerprint density at radius 2 is 1.71 bits per heavy atom. The summed E-state index contributed by atoms with van der Waals surface area (Å²) in [5.41, 5.74) is 1.26. The van der Waals surface area contributed by atoms with Crippen LogP contribution in [0.5, 0.6) is 0 Å². The molecule has 1 saturated heterocycles. The van der Waals surface area contributed by atoms with E-state index in [1.54, 1.807) is 41.8 Å². The second-order valence-electron chi connectivity index (χ2n) is 12.2. The number of nitrogens with one attached hydrogen (secondary N) is 3. The molecule has 3 N–H and O–H groups in total. The minimum absolute atomic E-state index is 0.0388. The van der Waals surface area contributed by atoms with Crippen molar-refractivity contribution >= 4 is 34.9 Å². The van der Waals surface area contributed by atoms with Crippen molar-refractivity contribution in [2.75, 3.05) is 38.5 Å². The highest BCUT2D eigenvalue weighted by Crippen LogP contribution is 2.32. The Bertz CT molecular complexity index is 1420. The van der Waals surface area contributed by atoms with Gasteiger partial charge >= 0.3 is 0 Å². The highest BCUT2D eigenvalue weighted by Gasteiger charge is 2.34. The fourth-order valence-electron chi connectivity index (χ4n) is 5.92. The Morgan fingerprint density at radius 3 is 2.33 bits per heavy atom. The molecule has 2 fully saturated rings. The number of halogens is 1. The predicted molar refractivity (Wildman–Crippen MR) is 170 cm³/mol. The van der Waals surface area contributed by atoms with Crippen molar-refractivity contribution in [2.24, 2.45) is 11.8 Å². The molecule has 1 aliphatic heterocycles. The topological polar surface area (TPSA) is 129 Å². The van der Waals surface area contributed by atoms with Gasteiger partial charge in [0.2, 0.25) is 11.8 Å². The lowest BCUT2D eigenvalue weighted by molar-refractivity contribution is -0.131. The summed E-state index contributed by atoms with van der Waals surface area (Å²) in [7, 11) is 1.99. The molecular formula is C33H46FN7O4. The SMILES string of the molecule is CCC(=O)N/C(C(=O)N1CCN(C)CC1)=C(\C)c1ccc(NC(=O)[C@@H](NC(=O)c2ccnn2CC)[C@H]2CC[C@H](C)CC2)c(F)c1. The van der Waals surface area contributed by atoms with Gasteiger partial charge in [0.05, 0.1) is 5.69 Å². The van der Waals surface area contributed by atoms with Crippen molar-refractivity contribution in [3.8, 4) is 0 Å². The number of piperazine rings is 1. The van der Waals surface area contributed by atoms with E-state index in [1.807, 2.05) is 14.0 Å². The van der Waals surface area contributed by atoms with E-state index in [4.69, 9.17) is 0 Å². The second kappa shape index (κ2) is 15.3. The molecular weight excluding hydrogens is 577 g/mol. The molecule has 1 saturated carbocycles. The minimum Gasteiger partial charge on any atom is -0.339 e. The maximum atomic E-state index is 15.6. The lowest BCUT2D eigenvalue weighted by atomic mass is 9.79. The van der Waals surface area contributed by atoms with Crippen molar-refractivity contribution in [1.29, 1.82) is 0 Å². The number of rotatable bonds is 10. The first-order valence-electron chi connectivity index (χ1n) is 15.9. The van der Waals surface area contributed by atoms with Gasteiger partial charge in [0.25, 0.3) is 11.8 Å². The second-order valence-corrected chi connectivity index (χ2v) is 12.2. The molecule has 2 heterocycles. The average Bonchev–Trinajstić information content (AvgIpc) is 3.53. The van der Waals surface area contributed by atoms with Crippen LogP contribution in [0.4, 0.5) is 10.1 Å². The normalized spacial score (nSPS) is 20.2. The number of benzene rings is 1. The highest BCUT2D eigenvalue weighted by atomic mass is 19.1. The van der Waals surface area contributed by atoms with E-state index in [0.717, 1.165) is 25.7 Å². The van der Waals surface area contributed by atoms with Crippen LogP contribution in [0.3, 0.4) is 0 Å². The standard InChI is InChI=1S/C33H46FN7O4/c1-6-28(42)37-29(33(45)40-18-16-39(5)17-19-40)22(4)24-12-13-26(25(34)20-24)36-32(44)30(23-10-8-21(3)9-11-23)38-31(43)27-14-15-35-41(27)7-2/h12-15,20-21,23,30H,6-11,16-19H2,1-5H3,(H,36,44)(H,37,42)(H,38,43)/b29-22+/t21-,23-,30-/m0/s1. The van der Waals surface area contributed by atoms with Crippen LogP contribution in [-0.2, 0) is 20.9 Å². The van der Waals surface area contributed by atoms with E-state index < -0.39 is 23.7 Å². The molecule has 2 aliphatic rings. The van der Waals surface area contributed by atoms with Gasteiger partial charge in [-0.1, -0.05) is 32.8 Å². The average molecular weight is 624 g/mol. The third-order valence-corrected chi connectivity index (χ3v) is 8.97. The molecule has 0 spiro atoms. The van der Waals surface area contributed by atoms with Gasteiger partial charge in [-0.2, -0.15) is 5.10 Å². The van der Waals surface area contributed by atoms with Crippen LogP contribution in [0.2, 0.25) is 0 Å². The summed E-state index contributed by atoms with van der Waals surface area (Å²) < 4.78 is 17.1. The van der Waals surface area contributed by atoms with E-state index >= 15 is 4.39 Å². The number of carbonyl (C=O) groups excluding carboxylic acids is 4. The van der Waals surface area contributed by atoms with Gasteiger partial charge in [0, 0.05) is 45.3 Å². The monoisotopic (exact) mass is 623 g/mol. The fraction of sp³-hybridized carbons (Fsp3) is 0.545. The maximum Gasteiger partial charge on any atom is 0.270 e. The van der Waals surface area contributed by atoms with Crippen molar-refractivity contribution in [3.05, 3.63) is 53.2 Å². The van der Waals surface area contributed by atoms with E-state index in [1.165, 1.54) is 12.1 Å². The first kappa shape index (κ1) is 33.8. The molecule has 1 aliphatic carbocycles. The summed E-state index contributed by atoms with van der Waals surface area (Å²) in [6, 6.07) is 5.05. The van der Waals surface area contributed by atoms with Crippen LogP contribution < -0.4 is 16.0 Å². The minimum atomic E-state index is -0.858. The molecule has 0 radical (unpaired) electrons. The zero-order chi connectivity index (χ0) is 32.7. The molecule has 0 bridgehead atoms. The number of likely N-dealkylation sites (N-methyl/N-ethyl adjacent to an activating group) is 1. The number of aromatic nitrogens is 2. The summed E-state index contributed by atoms with van der Waals surface area (Å²) >= 11 is 0. The number of anilines is 1. The van der Waals surface area contributed by atoms with Gasteiger partial charge in [0.15, 0.2) is 0 Å². The van der Waals surface area contributed by atoms with E-state index in [9.17, 15) is 19.2 Å². The van der Waals surface area contributed by atoms with Crippen LogP contribution in [0.25, 0.3) is 5.57 Å². The number of hydrogen-bond donors (Lipinski definition) is 3. The molecule has 2 aromatic rings. The maximum absolute atomic E-state index is 15.6. The van der Waals surface area contributed by atoms with Crippen molar-refractivity contribution in [2.45, 2.75) is 72.4 Å². The Labute approximate surface area is 264 Å². The molecule has 12 heteroatoms. The van der Waals surface area contributed by atoms with Crippen LogP contribution >= 0.6 is 0 Å². The summed E-state index contributed by atoms with van der Waals surface area (Å²) in [5.74, 6) is -1.78. The molecule has 1 aromatic carbocycles. The van der Waals surface area contributed by atoms with Crippen LogP contribution in [0, 0.1) is 17.7 Å². The smallest absolute Gasteiger partial charge is 0.270 e. The number of aryl methyl sites for hydroxylation is 1. The third kappa shape index (κ3) is 8.36. The number of amides is 4. The van der Waals surface area contributed by atoms with Gasteiger partial charge in [-0.25, -0.2) is 4.39 Å². The number of allylic oxidation sites excluding steroid dienone is 1. The summed E-state index contributed by atoms with van der Waals surface area (Å²) in [5, 5.41) is 12.5. The van der Waals surface area contributed by atoms with Crippen molar-refractivity contribution in [3.63, 3.8) is 0 Å². The molecule has 45 heavy (non-hydrogen) atoms.